The third-order valence-corrected chi connectivity index (χ3v) is 5.45. The zero-order valence-electron chi connectivity index (χ0n) is 18.3. The first kappa shape index (κ1) is 22.6. The van der Waals surface area contributed by atoms with Crippen molar-refractivity contribution in [2.45, 2.75) is 0 Å². The fraction of sp³-hybridized carbons (Fsp3) is 0.160. The second-order valence-electron chi connectivity index (χ2n) is 7.78. The summed E-state index contributed by atoms with van der Waals surface area (Å²) in [5.41, 5.74) is 0.727. The van der Waals surface area contributed by atoms with E-state index in [1.807, 2.05) is 0 Å². The summed E-state index contributed by atoms with van der Waals surface area (Å²) in [6.45, 7) is 2.60. The maximum Gasteiger partial charge on any atom is 0.255 e. The second-order valence-corrected chi connectivity index (χ2v) is 7.78. The number of carbonyl (C=O) groups excluding carboxylic acids is 1. The van der Waals surface area contributed by atoms with Crippen molar-refractivity contribution in [3.63, 3.8) is 0 Å². The Morgan fingerprint density at radius 2 is 1.80 bits per heavy atom. The molecule has 1 fully saturated rings. The first-order chi connectivity index (χ1) is 17.0. The van der Waals surface area contributed by atoms with Crippen LogP contribution in [0.3, 0.4) is 0 Å². The quantitative estimate of drug-likeness (QED) is 0.437. The number of amides is 1. The maximum absolute atomic E-state index is 14.7. The standard InChI is InChI=1S/C25H19F3N4O3/c26-16-3-1-2-15(12-16)25(33)31-19-6-7-21(24(28)23(19)27)35-17-4-5-18-20(13-17)30-22(14-29-18)32-8-10-34-11-9-32/h1-7,12-14H,8-11H2,(H,31,33). The number of hydrogen-bond acceptors (Lipinski definition) is 6. The molecule has 1 aliphatic rings. The van der Waals surface area contributed by atoms with E-state index in [0.29, 0.717) is 43.2 Å². The molecule has 0 spiro atoms. The highest BCUT2D eigenvalue weighted by atomic mass is 19.2. The van der Waals surface area contributed by atoms with Crippen molar-refractivity contribution in [3.8, 4) is 11.5 Å². The van der Waals surface area contributed by atoms with E-state index < -0.39 is 29.0 Å². The predicted octanol–water partition coefficient (Wildman–Crippen LogP) is 4.93. The number of carbonyl (C=O) groups is 1. The summed E-state index contributed by atoms with van der Waals surface area (Å²) in [7, 11) is 0. The van der Waals surface area contributed by atoms with E-state index in [2.05, 4.69) is 20.2 Å². The van der Waals surface area contributed by atoms with Crippen molar-refractivity contribution in [1.82, 2.24) is 9.97 Å². The van der Waals surface area contributed by atoms with Crippen molar-refractivity contribution in [2.24, 2.45) is 0 Å². The molecule has 0 saturated carbocycles. The molecule has 1 saturated heterocycles. The fourth-order valence-electron chi connectivity index (χ4n) is 3.65. The summed E-state index contributed by atoms with van der Waals surface area (Å²) in [5, 5.41) is 2.24. The number of benzene rings is 3. The van der Waals surface area contributed by atoms with Crippen LogP contribution in [0, 0.1) is 17.5 Å². The Hall–Kier alpha value is -4.18. The van der Waals surface area contributed by atoms with E-state index in [-0.39, 0.29) is 17.1 Å². The average molecular weight is 480 g/mol. The second kappa shape index (κ2) is 9.59. The number of nitrogens with one attached hydrogen (secondary N) is 1. The molecular weight excluding hydrogens is 461 g/mol. The lowest BCUT2D eigenvalue weighted by molar-refractivity contribution is 0.102. The Labute approximate surface area is 198 Å². The van der Waals surface area contributed by atoms with E-state index in [0.717, 1.165) is 6.07 Å². The van der Waals surface area contributed by atoms with Crippen LogP contribution in [0.5, 0.6) is 11.5 Å². The lowest BCUT2D eigenvalue weighted by Gasteiger charge is -2.27. The van der Waals surface area contributed by atoms with Gasteiger partial charge in [0.2, 0.25) is 5.82 Å². The van der Waals surface area contributed by atoms with E-state index in [9.17, 15) is 18.0 Å². The molecule has 4 aromatic rings. The third-order valence-electron chi connectivity index (χ3n) is 5.45. The number of ether oxygens (including phenoxy) is 2. The van der Waals surface area contributed by atoms with Crippen molar-refractivity contribution in [3.05, 3.63) is 83.8 Å². The minimum absolute atomic E-state index is 0.0288. The molecule has 0 radical (unpaired) electrons. The van der Waals surface area contributed by atoms with E-state index in [4.69, 9.17) is 9.47 Å². The van der Waals surface area contributed by atoms with Crippen molar-refractivity contribution < 1.29 is 27.4 Å². The number of fused-ring (bicyclic) bond motifs is 1. The molecule has 10 heteroatoms. The lowest BCUT2D eigenvalue weighted by Crippen LogP contribution is -2.36. The number of anilines is 2. The maximum atomic E-state index is 14.7. The Balaban J connectivity index is 1.36. The van der Waals surface area contributed by atoms with Crippen molar-refractivity contribution >= 4 is 28.4 Å². The van der Waals surface area contributed by atoms with Crippen LogP contribution in [0.1, 0.15) is 10.4 Å². The van der Waals surface area contributed by atoms with Gasteiger partial charge in [-0.05, 0) is 42.5 Å². The SMILES string of the molecule is O=C(Nc1ccc(Oc2ccc3ncc(N4CCOCC4)nc3c2)c(F)c1F)c1cccc(F)c1. The van der Waals surface area contributed by atoms with Crippen LogP contribution in [-0.4, -0.2) is 42.2 Å². The van der Waals surface area contributed by atoms with Gasteiger partial charge in [0, 0.05) is 24.7 Å². The summed E-state index contributed by atoms with van der Waals surface area (Å²) in [6, 6.07) is 12.1. The predicted molar refractivity (Wildman–Crippen MR) is 123 cm³/mol. The third kappa shape index (κ3) is 4.87. The van der Waals surface area contributed by atoms with E-state index in [1.54, 1.807) is 24.4 Å². The van der Waals surface area contributed by atoms with Crippen LogP contribution in [0.2, 0.25) is 0 Å². The van der Waals surface area contributed by atoms with Gasteiger partial charge >= 0.3 is 0 Å². The number of nitrogens with zero attached hydrogens (tertiary/aromatic N) is 3. The first-order valence-corrected chi connectivity index (χ1v) is 10.8. The molecule has 1 aromatic heterocycles. The van der Waals surface area contributed by atoms with Crippen LogP contribution in [0.25, 0.3) is 11.0 Å². The molecule has 0 unspecified atom stereocenters. The average Bonchev–Trinajstić information content (AvgIpc) is 2.88. The number of morpholine rings is 1. The summed E-state index contributed by atoms with van der Waals surface area (Å²) < 4.78 is 53.6. The monoisotopic (exact) mass is 480 g/mol. The van der Waals surface area contributed by atoms with Gasteiger partial charge in [-0.25, -0.2) is 13.8 Å². The van der Waals surface area contributed by atoms with E-state index >= 15 is 0 Å². The summed E-state index contributed by atoms with van der Waals surface area (Å²) in [5.74, 6) is -3.43. The molecule has 1 amide bonds. The molecule has 0 atom stereocenters. The van der Waals surface area contributed by atoms with Gasteiger partial charge in [0.1, 0.15) is 17.4 Å². The molecular formula is C25H19F3N4O3. The van der Waals surface area contributed by atoms with Gasteiger partial charge in [0.15, 0.2) is 11.6 Å². The zero-order chi connectivity index (χ0) is 24.4. The van der Waals surface area contributed by atoms with Crippen LogP contribution in [-0.2, 0) is 4.74 Å². The normalized spacial score (nSPS) is 13.6. The van der Waals surface area contributed by atoms with E-state index in [1.165, 1.54) is 30.3 Å². The van der Waals surface area contributed by atoms with Crippen molar-refractivity contribution in [1.29, 1.82) is 0 Å². The Bertz CT molecular complexity index is 1410. The topological polar surface area (TPSA) is 76.6 Å². The summed E-state index contributed by atoms with van der Waals surface area (Å²) in [6.07, 6.45) is 1.68. The highest BCUT2D eigenvalue weighted by Crippen LogP contribution is 2.31. The Morgan fingerprint density at radius 3 is 2.60 bits per heavy atom. The first-order valence-electron chi connectivity index (χ1n) is 10.8. The number of rotatable bonds is 5. The molecule has 1 N–H and O–H groups in total. The molecule has 35 heavy (non-hydrogen) atoms. The zero-order valence-corrected chi connectivity index (χ0v) is 18.3. The number of aromatic nitrogens is 2. The van der Waals surface area contributed by atoms with Crippen LogP contribution >= 0.6 is 0 Å². The number of halogens is 3. The summed E-state index contributed by atoms with van der Waals surface area (Å²) in [4.78, 5) is 23.3. The highest BCUT2D eigenvalue weighted by molar-refractivity contribution is 6.04. The minimum atomic E-state index is -1.30. The summed E-state index contributed by atoms with van der Waals surface area (Å²) >= 11 is 0. The fourth-order valence-corrected chi connectivity index (χ4v) is 3.65. The Morgan fingerprint density at radius 1 is 0.971 bits per heavy atom. The molecule has 3 aromatic carbocycles. The van der Waals surface area contributed by atoms with Gasteiger partial charge in [-0.3, -0.25) is 9.78 Å². The number of hydrogen-bond donors (Lipinski definition) is 1. The van der Waals surface area contributed by atoms with Crippen LogP contribution in [0.15, 0.2) is 60.8 Å². The highest BCUT2D eigenvalue weighted by Gasteiger charge is 2.18. The van der Waals surface area contributed by atoms with Gasteiger partial charge in [0.05, 0.1) is 36.1 Å². The molecule has 178 valence electrons. The molecule has 5 rings (SSSR count). The lowest BCUT2D eigenvalue weighted by atomic mass is 10.2. The van der Waals surface area contributed by atoms with Gasteiger partial charge in [-0.15, -0.1) is 0 Å². The molecule has 0 bridgehead atoms. The Kier molecular flexibility index (Phi) is 6.19. The van der Waals surface area contributed by atoms with Gasteiger partial charge in [0.25, 0.3) is 5.91 Å². The van der Waals surface area contributed by atoms with Gasteiger partial charge < -0.3 is 19.7 Å². The smallest absolute Gasteiger partial charge is 0.255 e. The van der Waals surface area contributed by atoms with Gasteiger partial charge in [-0.1, -0.05) is 6.07 Å². The van der Waals surface area contributed by atoms with Crippen molar-refractivity contribution in [2.75, 3.05) is 36.5 Å². The van der Waals surface area contributed by atoms with Gasteiger partial charge in [-0.2, -0.15) is 4.39 Å². The molecule has 7 nitrogen and oxygen atoms in total. The largest absolute Gasteiger partial charge is 0.454 e. The van der Waals surface area contributed by atoms with Crippen LogP contribution < -0.4 is 15.0 Å². The molecule has 0 aliphatic carbocycles. The molecule has 2 heterocycles. The minimum Gasteiger partial charge on any atom is -0.454 e. The molecule has 1 aliphatic heterocycles. The van der Waals surface area contributed by atoms with Crippen LogP contribution in [0.4, 0.5) is 24.7 Å².